The summed E-state index contributed by atoms with van der Waals surface area (Å²) in [6.45, 7) is 1.97. The molecule has 0 bridgehead atoms. The number of hydrogen-bond donors (Lipinski definition) is 0. The van der Waals surface area contributed by atoms with Gasteiger partial charge in [-0.05, 0) is 47.1 Å². The van der Waals surface area contributed by atoms with Crippen LogP contribution in [0.3, 0.4) is 0 Å². The molecule has 1 aromatic heterocycles. The quantitative estimate of drug-likeness (QED) is 0.807. The minimum absolute atomic E-state index is 0.713. The summed E-state index contributed by atoms with van der Waals surface area (Å²) in [6.07, 6.45) is 0. The van der Waals surface area contributed by atoms with Crippen LogP contribution in [0.5, 0.6) is 0 Å². The fourth-order valence-electron chi connectivity index (χ4n) is 1.60. The van der Waals surface area contributed by atoms with E-state index in [9.17, 15) is 0 Å². The van der Waals surface area contributed by atoms with Crippen molar-refractivity contribution in [1.29, 1.82) is 0 Å². The van der Waals surface area contributed by atoms with Gasteiger partial charge in [0.1, 0.15) is 5.82 Å². The number of hydrogen-bond acceptors (Lipinski definition) is 2. The van der Waals surface area contributed by atoms with Crippen LogP contribution < -0.4 is 4.90 Å². The van der Waals surface area contributed by atoms with E-state index >= 15 is 0 Å². The van der Waals surface area contributed by atoms with Crippen LogP contribution in [-0.2, 0) is 0 Å². The summed E-state index contributed by atoms with van der Waals surface area (Å²) in [4.78, 5) is 6.48. The largest absolute Gasteiger partial charge is 0.327 e. The van der Waals surface area contributed by atoms with Crippen LogP contribution >= 0.6 is 27.5 Å². The van der Waals surface area contributed by atoms with Gasteiger partial charge >= 0.3 is 0 Å². The third-order valence-corrected chi connectivity index (χ3v) is 3.44. The molecule has 0 N–H and O–H groups in total. The first-order valence-electron chi connectivity index (χ1n) is 5.21. The zero-order chi connectivity index (χ0) is 12.4. The number of aromatic nitrogens is 1. The van der Waals surface area contributed by atoms with Gasteiger partial charge in [-0.2, -0.15) is 0 Å². The summed E-state index contributed by atoms with van der Waals surface area (Å²) in [6, 6.07) is 11.7. The predicted molar refractivity (Wildman–Crippen MR) is 76.2 cm³/mol. The fraction of sp³-hybridized carbons (Fsp3) is 0.154. The molecule has 0 atom stereocenters. The lowest BCUT2D eigenvalue weighted by molar-refractivity contribution is 1.08. The van der Waals surface area contributed by atoms with E-state index in [1.165, 1.54) is 0 Å². The highest BCUT2D eigenvalue weighted by Crippen LogP contribution is 2.33. The molecule has 4 heteroatoms. The lowest BCUT2D eigenvalue weighted by Crippen LogP contribution is -2.12. The standard InChI is InChI=1S/C13H12BrClN2/c1-9-7-8-10(14)13(16-9)17(2)12-6-4-3-5-11(12)15/h3-8H,1-2H3. The minimum atomic E-state index is 0.713. The number of para-hydroxylation sites is 1. The molecule has 0 aliphatic carbocycles. The van der Waals surface area contributed by atoms with Crippen molar-refractivity contribution >= 4 is 39.0 Å². The van der Waals surface area contributed by atoms with Gasteiger partial charge in [0, 0.05) is 12.7 Å². The maximum absolute atomic E-state index is 6.18. The zero-order valence-corrected chi connectivity index (χ0v) is 12.0. The number of halogens is 2. The molecule has 0 spiro atoms. The molecule has 0 saturated heterocycles. The molecule has 0 radical (unpaired) electrons. The number of aryl methyl sites for hydroxylation is 1. The van der Waals surface area contributed by atoms with Crippen molar-refractivity contribution in [1.82, 2.24) is 4.98 Å². The van der Waals surface area contributed by atoms with E-state index < -0.39 is 0 Å². The Morgan fingerprint density at radius 2 is 1.88 bits per heavy atom. The van der Waals surface area contributed by atoms with Crippen molar-refractivity contribution in [3.63, 3.8) is 0 Å². The summed E-state index contributed by atoms with van der Waals surface area (Å²) >= 11 is 9.68. The van der Waals surface area contributed by atoms with Crippen LogP contribution in [0.4, 0.5) is 11.5 Å². The van der Waals surface area contributed by atoms with Crippen molar-refractivity contribution in [3.8, 4) is 0 Å². The zero-order valence-electron chi connectivity index (χ0n) is 9.61. The topological polar surface area (TPSA) is 16.1 Å². The second-order valence-electron chi connectivity index (χ2n) is 3.77. The molecule has 0 saturated carbocycles. The SMILES string of the molecule is Cc1ccc(Br)c(N(C)c2ccccc2Cl)n1. The number of rotatable bonds is 2. The highest BCUT2D eigenvalue weighted by Gasteiger charge is 2.12. The van der Waals surface area contributed by atoms with Crippen molar-refractivity contribution in [2.24, 2.45) is 0 Å². The lowest BCUT2D eigenvalue weighted by atomic mass is 10.3. The molecule has 0 amide bonds. The van der Waals surface area contributed by atoms with E-state index in [0.717, 1.165) is 21.7 Å². The fourth-order valence-corrected chi connectivity index (χ4v) is 2.35. The summed E-state index contributed by atoms with van der Waals surface area (Å²) < 4.78 is 0.950. The van der Waals surface area contributed by atoms with Gasteiger partial charge in [-0.1, -0.05) is 23.7 Å². The Kier molecular flexibility index (Phi) is 3.69. The van der Waals surface area contributed by atoms with Gasteiger partial charge in [0.15, 0.2) is 0 Å². The highest BCUT2D eigenvalue weighted by molar-refractivity contribution is 9.10. The van der Waals surface area contributed by atoms with Crippen LogP contribution in [0.25, 0.3) is 0 Å². The number of anilines is 2. The van der Waals surface area contributed by atoms with Crippen molar-refractivity contribution in [3.05, 3.63) is 51.6 Å². The molecule has 0 aliphatic heterocycles. The van der Waals surface area contributed by atoms with Gasteiger partial charge in [-0.15, -0.1) is 0 Å². The van der Waals surface area contributed by atoms with Crippen molar-refractivity contribution in [2.75, 3.05) is 11.9 Å². The maximum Gasteiger partial charge on any atom is 0.147 e. The number of nitrogens with zero attached hydrogens (tertiary/aromatic N) is 2. The van der Waals surface area contributed by atoms with Crippen molar-refractivity contribution < 1.29 is 0 Å². The predicted octanol–water partition coefficient (Wildman–Crippen LogP) is 4.57. The Hall–Kier alpha value is -1.06. The summed E-state index contributed by atoms with van der Waals surface area (Å²) in [5.74, 6) is 0.859. The third kappa shape index (κ3) is 2.61. The average Bonchev–Trinajstić information content (AvgIpc) is 2.32. The second kappa shape index (κ2) is 5.07. The lowest BCUT2D eigenvalue weighted by Gasteiger charge is -2.21. The Morgan fingerprint density at radius 1 is 1.18 bits per heavy atom. The first-order valence-corrected chi connectivity index (χ1v) is 6.38. The summed E-state index contributed by atoms with van der Waals surface area (Å²) in [5.41, 5.74) is 1.91. The smallest absolute Gasteiger partial charge is 0.147 e. The molecule has 0 fully saturated rings. The van der Waals surface area contributed by atoms with Gasteiger partial charge in [0.25, 0.3) is 0 Å². The molecule has 2 aromatic rings. The first-order chi connectivity index (χ1) is 8.09. The molecule has 17 heavy (non-hydrogen) atoms. The van der Waals surface area contributed by atoms with Crippen LogP contribution in [0, 0.1) is 6.92 Å². The van der Waals surface area contributed by atoms with Gasteiger partial charge in [0.05, 0.1) is 15.2 Å². The second-order valence-corrected chi connectivity index (χ2v) is 5.03. The Morgan fingerprint density at radius 3 is 2.59 bits per heavy atom. The molecule has 1 aromatic carbocycles. The molecule has 0 unspecified atom stereocenters. The highest BCUT2D eigenvalue weighted by atomic mass is 79.9. The van der Waals surface area contributed by atoms with E-state index in [2.05, 4.69) is 20.9 Å². The van der Waals surface area contributed by atoms with E-state index in [1.54, 1.807) is 0 Å². The molecular formula is C13H12BrClN2. The molecule has 1 heterocycles. The van der Waals surface area contributed by atoms with E-state index in [4.69, 9.17) is 11.6 Å². The molecule has 2 rings (SSSR count). The number of benzene rings is 1. The summed E-state index contributed by atoms with van der Waals surface area (Å²) in [5, 5.41) is 0.713. The molecule has 88 valence electrons. The van der Waals surface area contributed by atoms with Gasteiger partial charge in [-0.3, -0.25) is 0 Å². The van der Waals surface area contributed by atoms with Gasteiger partial charge < -0.3 is 4.90 Å². The van der Waals surface area contributed by atoms with E-state index in [-0.39, 0.29) is 0 Å². The number of pyridine rings is 1. The van der Waals surface area contributed by atoms with Crippen LogP contribution in [-0.4, -0.2) is 12.0 Å². The van der Waals surface area contributed by atoms with Crippen LogP contribution in [0.1, 0.15) is 5.69 Å². The normalized spacial score (nSPS) is 10.4. The molecule has 2 nitrogen and oxygen atoms in total. The molecular weight excluding hydrogens is 300 g/mol. The Balaban J connectivity index is 2.47. The Labute approximate surface area is 114 Å². The monoisotopic (exact) mass is 310 g/mol. The van der Waals surface area contributed by atoms with Crippen LogP contribution in [0.2, 0.25) is 5.02 Å². The molecule has 0 aliphatic rings. The van der Waals surface area contributed by atoms with Crippen molar-refractivity contribution in [2.45, 2.75) is 6.92 Å². The van der Waals surface area contributed by atoms with Gasteiger partial charge in [-0.25, -0.2) is 4.98 Å². The van der Waals surface area contributed by atoms with E-state index in [0.29, 0.717) is 5.02 Å². The average molecular weight is 312 g/mol. The maximum atomic E-state index is 6.18. The first kappa shape index (κ1) is 12.4. The minimum Gasteiger partial charge on any atom is -0.327 e. The van der Waals surface area contributed by atoms with Crippen LogP contribution in [0.15, 0.2) is 40.9 Å². The third-order valence-electron chi connectivity index (χ3n) is 2.50. The van der Waals surface area contributed by atoms with E-state index in [1.807, 2.05) is 55.3 Å². The van der Waals surface area contributed by atoms with Gasteiger partial charge in [0.2, 0.25) is 0 Å². The summed E-state index contributed by atoms with van der Waals surface area (Å²) in [7, 11) is 1.95. The Bertz CT molecular complexity index is 543.